The molecule has 1 aliphatic heterocycles. The number of allylic oxidation sites excluding steroid dienone is 2. The van der Waals surface area contributed by atoms with Crippen LogP contribution in [0.3, 0.4) is 0 Å². The van der Waals surface area contributed by atoms with E-state index in [0.717, 1.165) is 162 Å². The van der Waals surface area contributed by atoms with Gasteiger partial charge in [-0.15, -0.1) is 14.8 Å². The van der Waals surface area contributed by atoms with Crippen LogP contribution in [0.4, 0.5) is 52.0 Å². The lowest BCUT2D eigenvalue weighted by Gasteiger charge is -2.33. The molecule has 0 spiro atoms. The first-order valence-corrected chi connectivity index (χ1v) is 36.9. The van der Waals surface area contributed by atoms with Gasteiger partial charge in [0.25, 0.3) is 0 Å². The average Bonchev–Trinajstić information content (AvgIpc) is 1.71. The van der Waals surface area contributed by atoms with E-state index in [-0.39, 0.29) is 23.9 Å². The predicted molar refractivity (Wildman–Crippen MR) is 416 cm³/mol. The van der Waals surface area contributed by atoms with Gasteiger partial charge < -0.3 is 51.9 Å². The molecule has 5 aliphatic rings. The van der Waals surface area contributed by atoms with Crippen LogP contribution in [0, 0.1) is 11.8 Å². The average molecular weight is 1370 g/mol. The molecule has 8 N–H and O–H groups in total. The Morgan fingerprint density at radius 3 is 1.60 bits per heavy atom. The third-order valence-electron chi connectivity index (χ3n) is 20.8. The molecule has 4 fully saturated rings. The van der Waals surface area contributed by atoms with Gasteiger partial charge >= 0.3 is 5.95 Å². The number of hydrogen-bond acceptors (Lipinski definition) is 18. The summed E-state index contributed by atoms with van der Waals surface area (Å²) in [4.78, 5) is 38.8. The minimum absolute atomic E-state index is 0.0985. The number of aromatic nitrogens is 9. The van der Waals surface area contributed by atoms with Gasteiger partial charge in [-0.1, -0.05) is 84.6 Å². The Balaban J connectivity index is 0.000000163. The minimum Gasteiger partial charge on any atom is -0.367 e. The fourth-order valence-corrected chi connectivity index (χ4v) is 14.7. The maximum absolute atomic E-state index is 11.8. The number of carbonyl (C=O) groups is 1. The monoisotopic (exact) mass is 1370 g/mol. The van der Waals surface area contributed by atoms with Crippen LogP contribution in [0.5, 0.6) is 0 Å². The normalized spacial score (nSPS) is 21.8. The van der Waals surface area contributed by atoms with Crippen molar-refractivity contribution in [3.63, 3.8) is 0 Å². The summed E-state index contributed by atoms with van der Waals surface area (Å²) in [5.74, 6) is 7.77. The van der Waals surface area contributed by atoms with E-state index >= 15 is 0 Å². The highest BCUT2D eigenvalue weighted by Crippen LogP contribution is 2.34. The second kappa shape index (κ2) is 35.1. The number of amides is 1. The molecule has 0 bridgehead atoms. The number of rotatable bonds is 26. The van der Waals surface area contributed by atoms with E-state index in [1.165, 1.54) is 57.4 Å². The van der Waals surface area contributed by atoms with Gasteiger partial charge in [0.15, 0.2) is 11.3 Å². The van der Waals surface area contributed by atoms with E-state index in [9.17, 15) is 4.79 Å². The fraction of sp³-hybridized carbons (Fsp3) is 0.506. The Hall–Kier alpha value is -8.99. The Bertz CT molecular complexity index is 3990. The van der Waals surface area contributed by atoms with E-state index in [4.69, 9.17) is 19.9 Å². The third kappa shape index (κ3) is 20.0. The number of nitrogens with one attached hydrogen (secondary N) is 8. The van der Waals surface area contributed by atoms with Gasteiger partial charge in [0.1, 0.15) is 23.3 Å². The molecule has 3 unspecified atom stereocenters. The summed E-state index contributed by atoms with van der Waals surface area (Å²) < 4.78 is 5.69. The summed E-state index contributed by atoms with van der Waals surface area (Å²) in [6, 6.07) is 23.6. The molecule has 540 valence electrons. The highest BCUT2D eigenvalue weighted by molar-refractivity contribution is 5.87. The molecule has 1 amide bonds. The van der Waals surface area contributed by atoms with Crippen molar-refractivity contribution in [2.75, 3.05) is 79.5 Å². The van der Waals surface area contributed by atoms with Gasteiger partial charge in [-0.3, -0.25) is 10.1 Å². The van der Waals surface area contributed by atoms with Crippen molar-refractivity contribution < 1.29 is 9.47 Å². The SMILES string of the molecule is C=CC(=C)Nc1cccc(Nc2cc(NC3CCC(N(C)C)CC3)nc3c(C(C)C)cnn23)c1.C=CC(=C)Nc1cccc(Nc2cc(NC3CCC(N(C)C)CC3)nc3c(CC)cnn23)c1.C=CC(=O)NC1CCCC(Nc2nc(CC3CCC(N(C)C)CC3)nc3[n+]2N=CC3C(C)C)C1. The van der Waals surface area contributed by atoms with Crippen molar-refractivity contribution >= 4 is 75.4 Å². The summed E-state index contributed by atoms with van der Waals surface area (Å²) in [6.45, 7) is 29.9. The van der Waals surface area contributed by atoms with Crippen molar-refractivity contribution in [3.8, 4) is 0 Å². The maximum atomic E-state index is 11.8. The first-order valence-electron chi connectivity index (χ1n) is 36.9. The molecule has 4 saturated carbocycles. The minimum atomic E-state index is -0.0985. The molecule has 5 aromatic heterocycles. The lowest BCUT2D eigenvalue weighted by Crippen LogP contribution is -2.44. The largest absolute Gasteiger partial charge is 0.373 e. The van der Waals surface area contributed by atoms with Crippen LogP contribution in [0.15, 0.2) is 141 Å². The Morgan fingerprint density at radius 1 is 0.594 bits per heavy atom. The number of anilines is 9. The zero-order chi connectivity index (χ0) is 71.9. The third-order valence-corrected chi connectivity index (χ3v) is 20.8. The molecule has 12 rings (SSSR count). The molecule has 7 aromatic rings. The molecule has 6 heterocycles. The Labute approximate surface area is 600 Å². The van der Waals surface area contributed by atoms with Crippen LogP contribution in [-0.4, -0.2) is 151 Å². The maximum Gasteiger partial charge on any atom is 0.373 e. The molecule has 22 nitrogen and oxygen atoms in total. The van der Waals surface area contributed by atoms with Gasteiger partial charge in [0, 0.05) is 100 Å². The molecule has 0 saturated heterocycles. The Morgan fingerprint density at radius 2 is 1.10 bits per heavy atom. The lowest BCUT2D eigenvalue weighted by molar-refractivity contribution is -0.673. The number of benzene rings is 2. The standard InChI is InChI=1S/C27H37N7.C26H41N7O.C26H35N7/c1-7-19(4)29-21-9-8-10-22(15-21)31-26-16-25(30-20-11-13-23(14-12-20)33(5)6)32-27-24(18(2)3)17-28-34(26)27;1-6-24(34)28-19-8-7-9-20(15-19)29-26-31-23(14-18-10-12-21(13-11-18)32(4)5)30-25-22(17(2)3)16-27-33(25)26;1-6-18(3)28-21-9-8-10-22(15-21)30-25-16-24(31-26-19(7-2)17-27-33(25)26)29-20-11-13-23(14-12-20)32(4)5/h7-10,15-18,20,23,29,31H,1,4,11-14H2,2-3,5-6H3,(H,30,32);6,16-22H,1,7-15H2,2-5H3,(H,28,34);6,8-10,15-17,20,23,28,30H,1,3,7,11-14H2,2,4-5H3,(H,29,31)/p+1. The van der Waals surface area contributed by atoms with Crippen LogP contribution in [0.1, 0.15) is 172 Å². The zero-order valence-electron chi connectivity index (χ0n) is 62.1. The number of fused-ring (bicyclic) bond motifs is 3. The number of nitrogens with zero attached hydrogens (tertiary/aromatic N) is 13. The first kappa shape index (κ1) is 74.7. The molecule has 0 radical (unpaired) electrons. The molecular weight excluding hydrogens is 1260 g/mol. The van der Waals surface area contributed by atoms with Crippen molar-refractivity contribution in [2.24, 2.45) is 16.9 Å². The molecular formula is C79H114N21O+. The first-order chi connectivity index (χ1) is 48.6. The highest BCUT2D eigenvalue weighted by atomic mass is 16.1. The Kier molecular flexibility index (Phi) is 25.9. The summed E-state index contributed by atoms with van der Waals surface area (Å²) >= 11 is 0. The topological polar surface area (TPSA) is 225 Å². The van der Waals surface area contributed by atoms with Crippen LogP contribution >= 0.6 is 0 Å². The van der Waals surface area contributed by atoms with Crippen molar-refractivity contribution in [2.45, 2.75) is 204 Å². The summed E-state index contributed by atoms with van der Waals surface area (Å²) in [5.41, 5.74) is 9.36. The molecule has 4 aliphatic carbocycles. The molecule has 3 atom stereocenters. The lowest BCUT2D eigenvalue weighted by atomic mass is 9.83. The van der Waals surface area contributed by atoms with E-state index in [0.29, 0.717) is 48.0 Å². The highest BCUT2D eigenvalue weighted by Gasteiger charge is 2.36. The van der Waals surface area contributed by atoms with Crippen LogP contribution in [0.2, 0.25) is 0 Å². The number of aryl methyl sites for hydroxylation is 1. The molecule has 2 aromatic carbocycles. The van der Waals surface area contributed by atoms with Gasteiger partial charge in [0.2, 0.25) is 17.6 Å². The van der Waals surface area contributed by atoms with Crippen LogP contribution in [0.25, 0.3) is 11.3 Å². The van der Waals surface area contributed by atoms with Crippen molar-refractivity contribution in [1.82, 2.24) is 59.2 Å². The summed E-state index contributed by atoms with van der Waals surface area (Å²) in [6.07, 6.45) is 30.8. The van der Waals surface area contributed by atoms with Crippen LogP contribution in [-0.2, 0) is 17.6 Å². The van der Waals surface area contributed by atoms with Gasteiger partial charge in [-0.05, 0) is 224 Å². The zero-order valence-corrected chi connectivity index (χ0v) is 62.1. The molecule has 22 heteroatoms. The predicted octanol–water partition coefficient (Wildman–Crippen LogP) is 14.5. The van der Waals surface area contributed by atoms with Gasteiger partial charge in [-0.2, -0.15) is 19.2 Å². The number of hydrogen-bond donors (Lipinski definition) is 8. The fourth-order valence-electron chi connectivity index (χ4n) is 14.7. The second-order valence-electron chi connectivity index (χ2n) is 29.6. The van der Waals surface area contributed by atoms with Crippen molar-refractivity contribution in [3.05, 3.63) is 158 Å². The van der Waals surface area contributed by atoms with Gasteiger partial charge in [0.05, 0.1) is 30.6 Å². The van der Waals surface area contributed by atoms with E-state index in [1.54, 1.807) is 12.2 Å². The van der Waals surface area contributed by atoms with E-state index < -0.39 is 0 Å². The van der Waals surface area contributed by atoms with E-state index in [2.05, 4.69) is 194 Å². The number of carbonyl (C=O) groups excluding carboxylic acids is 1. The van der Waals surface area contributed by atoms with Crippen LogP contribution < -0.4 is 47.2 Å². The second-order valence-corrected chi connectivity index (χ2v) is 29.6. The smallest absolute Gasteiger partial charge is 0.367 e. The molecule has 101 heavy (non-hydrogen) atoms. The van der Waals surface area contributed by atoms with Crippen molar-refractivity contribution in [1.29, 1.82) is 0 Å². The summed E-state index contributed by atoms with van der Waals surface area (Å²) in [5, 5.41) is 41.7. The van der Waals surface area contributed by atoms with E-state index in [1.807, 2.05) is 80.8 Å². The van der Waals surface area contributed by atoms with Gasteiger partial charge in [-0.25, -0.2) is 9.97 Å². The quantitative estimate of drug-likeness (QED) is 0.0143. The summed E-state index contributed by atoms with van der Waals surface area (Å²) in [7, 11) is 13.1.